The lowest BCUT2D eigenvalue weighted by molar-refractivity contribution is 0.554. The van der Waals surface area contributed by atoms with Crippen molar-refractivity contribution in [1.82, 2.24) is 4.98 Å². The Morgan fingerprint density at radius 1 is 1.04 bits per heavy atom. The zero-order chi connectivity index (χ0) is 16.8. The Morgan fingerprint density at radius 3 is 2.35 bits per heavy atom. The van der Waals surface area contributed by atoms with Gasteiger partial charge >= 0.3 is 5.76 Å². The van der Waals surface area contributed by atoms with Gasteiger partial charge in [-0.15, -0.1) is 0 Å². The zero-order valence-corrected chi connectivity index (χ0v) is 13.7. The van der Waals surface area contributed by atoms with Crippen LogP contribution in [0.5, 0.6) is 0 Å². The van der Waals surface area contributed by atoms with Crippen molar-refractivity contribution in [2.24, 2.45) is 0 Å². The molecule has 0 bridgehead atoms. The molecule has 0 saturated heterocycles. The number of H-pyrrole nitrogens is 1. The lowest BCUT2D eigenvalue weighted by atomic mass is 10.1. The molecule has 0 radical (unpaired) electrons. The Hall–Kier alpha value is -2.54. The minimum absolute atomic E-state index is 0.0344. The van der Waals surface area contributed by atoms with Gasteiger partial charge < -0.3 is 4.42 Å². The first-order valence-electron chi connectivity index (χ1n) is 7.00. The van der Waals surface area contributed by atoms with Gasteiger partial charge in [0.05, 0.1) is 16.1 Å². The summed E-state index contributed by atoms with van der Waals surface area (Å²) < 4.78 is 32.7. The van der Waals surface area contributed by atoms with Crippen LogP contribution in [0.2, 0.25) is 0 Å². The van der Waals surface area contributed by atoms with Crippen LogP contribution in [0.25, 0.3) is 11.1 Å². The van der Waals surface area contributed by atoms with Crippen LogP contribution < -0.4 is 10.5 Å². The van der Waals surface area contributed by atoms with Crippen molar-refractivity contribution in [3.8, 4) is 0 Å². The third kappa shape index (κ3) is 2.87. The van der Waals surface area contributed by atoms with E-state index < -0.39 is 15.8 Å². The first kappa shape index (κ1) is 15.4. The molecular weight excluding hydrogens is 316 g/mol. The van der Waals surface area contributed by atoms with E-state index in [4.69, 9.17) is 4.42 Å². The molecule has 0 amide bonds. The van der Waals surface area contributed by atoms with Gasteiger partial charge in [-0.05, 0) is 44.0 Å². The third-order valence-electron chi connectivity index (χ3n) is 3.62. The molecule has 3 aromatic rings. The molecule has 120 valence electrons. The molecule has 23 heavy (non-hydrogen) atoms. The molecular formula is C16H16N2O4S. The van der Waals surface area contributed by atoms with E-state index in [0.29, 0.717) is 11.2 Å². The van der Waals surface area contributed by atoms with Crippen LogP contribution in [-0.2, 0) is 10.0 Å². The molecule has 0 aliphatic rings. The monoisotopic (exact) mass is 332 g/mol. The Kier molecular flexibility index (Phi) is 3.52. The van der Waals surface area contributed by atoms with Crippen LogP contribution in [-0.4, -0.2) is 13.4 Å². The fraction of sp³-hybridized carbons (Fsp3) is 0.188. The van der Waals surface area contributed by atoms with Crippen molar-refractivity contribution < 1.29 is 12.8 Å². The van der Waals surface area contributed by atoms with Crippen molar-refractivity contribution >= 4 is 26.8 Å². The Bertz CT molecular complexity index is 1040. The summed E-state index contributed by atoms with van der Waals surface area (Å²) in [6.07, 6.45) is 0. The summed E-state index contributed by atoms with van der Waals surface area (Å²) in [6.45, 7) is 5.67. The average molecular weight is 332 g/mol. The van der Waals surface area contributed by atoms with Crippen LogP contribution in [0.3, 0.4) is 0 Å². The fourth-order valence-electron chi connectivity index (χ4n) is 2.63. The van der Waals surface area contributed by atoms with Crippen LogP contribution in [0, 0.1) is 20.8 Å². The van der Waals surface area contributed by atoms with Crippen molar-refractivity contribution in [2.45, 2.75) is 25.7 Å². The Morgan fingerprint density at radius 2 is 1.70 bits per heavy atom. The molecule has 1 heterocycles. The van der Waals surface area contributed by atoms with Gasteiger partial charge in [0, 0.05) is 6.07 Å². The number of fused-ring (bicyclic) bond motifs is 1. The smallest absolute Gasteiger partial charge is 0.408 e. The first-order chi connectivity index (χ1) is 10.8. The minimum atomic E-state index is -3.78. The van der Waals surface area contributed by atoms with E-state index >= 15 is 0 Å². The number of hydrogen-bond acceptors (Lipinski definition) is 4. The second-order valence-electron chi connectivity index (χ2n) is 5.55. The number of aryl methyl sites for hydroxylation is 3. The van der Waals surface area contributed by atoms with Crippen molar-refractivity contribution in [2.75, 3.05) is 4.72 Å². The topological polar surface area (TPSA) is 92.2 Å². The molecule has 2 N–H and O–H groups in total. The van der Waals surface area contributed by atoms with Gasteiger partial charge in [-0.25, -0.2) is 13.2 Å². The number of oxazole rings is 1. The molecule has 1 aromatic heterocycles. The van der Waals surface area contributed by atoms with Crippen LogP contribution >= 0.6 is 0 Å². The largest absolute Gasteiger partial charge is 0.417 e. The van der Waals surface area contributed by atoms with E-state index in [1.54, 1.807) is 0 Å². The van der Waals surface area contributed by atoms with Gasteiger partial charge in [-0.3, -0.25) is 9.71 Å². The predicted octanol–water partition coefficient (Wildman–Crippen LogP) is 2.85. The molecule has 7 heteroatoms. The third-order valence-corrected chi connectivity index (χ3v) is 4.96. The maximum absolute atomic E-state index is 12.6. The van der Waals surface area contributed by atoms with Gasteiger partial charge in [0.2, 0.25) is 0 Å². The average Bonchev–Trinajstić information content (AvgIpc) is 2.82. The highest BCUT2D eigenvalue weighted by atomic mass is 32.2. The number of hydrogen-bond donors (Lipinski definition) is 2. The van der Waals surface area contributed by atoms with E-state index in [2.05, 4.69) is 9.71 Å². The lowest BCUT2D eigenvalue weighted by Crippen LogP contribution is -2.14. The first-order valence-corrected chi connectivity index (χ1v) is 8.48. The number of aromatic nitrogens is 1. The predicted molar refractivity (Wildman–Crippen MR) is 88.3 cm³/mol. The highest BCUT2D eigenvalue weighted by molar-refractivity contribution is 7.92. The van der Waals surface area contributed by atoms with Gasteiger partial charge in [0.25, 0.3) is 10.0 Å². The van der Waals surface area contributed by atoms with E-state index in [9.17, 15) is 13.2 Å². The van der Waals surface area contributed by atoms with Gasteiger partial charge in [0.1, 0.15) is 0 Å². The summed E-state index contributed by atoms with van der Waals surface area (Å²) in [5.41, 5.74) is 3.98. The van der Waals surface area contributed by atoms with Crippen molar-refractivity contribution in [1.29, 1.82) is 0 Å². The van der Waals surface area contributed by atoms with E-state index in [1.165, 1.54) is 18.2 Å². The SMILES string of the molecule is Cc1cc(C)c(NS(=O)(=O)c2ccc3[nH]c(=O)oc3c2)c(C)c1. The molecule has 0 fully saturated rings. The number of rotatable bonds is 3. The Balaban J connectivity index is 2.05. The number of nitrogens with one attached hydrogen (secondary N) is 2. The minimum Gasteiger partial charge on any atom is -0.408 e. The van der Waals surface area contributed by atoms with Crippen molar-refractivity contribution in [3.05, 3.63) is 57.6 Å². The van der Waals surface area contributed by atoms with Crippen LogP contribution in [0.1, 0.15) is 16.7 Å². The highest BCUT2D eigenvalue weighted by Crippen LogP contribution is 2.26. The second kappa shape index (κ2) is 5.27. The number of anilines is 1. The molecule has 2 aromatic carbocycles. The van der Waals surface area contributed by atoms with E-state index in [0.717, 1.165) is 16.7 Å². The molecule has 6 nitrogen and oxygen atoms in total. The van der Waals surface area contributed by atoms with E-state index in [1.807, 2.05) is 32.9 Å². The summed E-state index contributed by atoms with van der Waals surface area (Å²) in [7, 11) is -3.78. The van der Waals surface area contributed by atoms with Gasteiger partial charge in [-0.2, -0.15) is 0 Å². The molecule has 0 aliphatic heterocycles. The fourth-order valence-corrected chi connectivity index (χ4v) is 3.85. The summed E-state index contributed by atoms with van der Waals surface area (Å²) in [5, 5.41) is 0. The van der Waals surface area contributed by atoms with Crippen molar-refractivity contribution in [3.63, 3.8) is 0 Å². The lowest BCUT2D eigenvalue weighted by Gasteiger charge is -2.14. The standard InChI is InChI=1S/C16H16N2O4S/c1-9-6-10(2)15(11(3)7-9)18-23(20,21)12-4-5-13-14(8-12)22-16(19)17-13/h4-8,18H,1-3H3,(H,17,19). The summed E-state index contributed by atoms with van der Waals surface area (Å²) in [6, 6.07) is 8.09. The molecule has 0 unspecified atom stereocenters. The summed E-state index contributed by atoms with van der Waals surface area (Å²) in [4.78, 5) is 13.7. The van der Waals surface area contributed by atoms with Gasteiger partial charge in [-0.1, -0.05) is 17.7 Å². The second-order valence-corrected chi connectivity index (χ2v) is 7.23. The maximum atomic E-state index is 12.6. The highest BCUT2D eigenvalue weighted by Gasteiger charge is 2.18. The molecule has 0 aliphatic carbocycles. The number of sulfonamides is 1. The van der Waals surface area contributed by atoms with Gasteiger partial charge in [0.15, 0.2) is 5.58 Å². The number of aromatic amines is 1. The number of benzene rings is 2. The molecule has 0 saturated carbocycles. The summed E-state index contributed by atoms with van der Waals surface area (Å²) in [5.74, 6) is -0.618. The zero-order valence-electron chi connectivity index (χ0n) is 12.9. The quantitative estimate of drug-likeness (QED) is 0.771. The maximum Gasteiger partial charge on any atom is 0.417 e. The molecule has 3 rings (SSSR count). The normalized spacial score (nSPS) is 11.8. The van der Waals surface area contributed by atoms with E-state index in [-0.39, 0.29) is 10.5 Å². The Labute approximate surface area is 133 Å². The van der Waals surface area contributed by atoms with Crippen LogP contribution in [0.15, 0.2) is 44.4 Å². The van der Waals surface area contributed by atoms with Crippen LogP contribution in [0.4, 0.5) is 5.69 Å². The molecule has 0 spiro atoms. The summed E-state index contributed by atoms with van der Waals surface area (Å²) >= 11 is 0. The molecule has 0 atom stereocenters.